The predicted octanol–water partition coefficient (Wildman–Crippen LogP) is 6.73. The summed E-state index contributed by atoms with van der Waals surface area (Å²) in [6.45, 7) is 1.47. The zero-order chi connectivity index (χ0) is 28.6. The number of anilines is 2. The minimum atomic E-state index is -0.632. The number of aliphatic hydroxyl groups is 1. The molecule has 8 heteroatoms. The third-order valence-electron chi connectivity index (χ3n) is 6.68. The van der Waals surface area contributed by atoms with Crippen molar-refractivity contribution in [1.82, 2.24) is 0 Å². The summed E-state index contributed by atoms with van der Waals surface area (Å²) >= 11 is 1.68. The molecule has 0 aliphatic carbocycles. The number of rotatable bonds is 9. The van der Waals surface area contributed by atoms with Gasteiger partial charge in [0, 0.05) is 46.5 Å². The molecule has 1 aliphatic heterocycles. The summed E-state index contributed by atoms with van der Waals surface area (Å²) in [6.07, 6.45) is -0.292. The highest BCUT2D eigenvalue weighted by atomic mass is 32.2. The highest BCUT2D eigenvalue weighted by Gasteiger charge is 2.32. The van der Waals surface area contributed by atoms with Crippen molar-refractivity contribution in [3.05, 3.63) is 125 Å². The maximum Gasteiger partial charge on any atom is 0.255 e. The van der Waals surface area contributed by atoms with Crippen molar-refractivity contribution in [2.75, 3.05) is 16.4 Å². The van der Waals surface area contributed by atoms with Crippen molar-refractivity contribution in [2.24, 2.45) is 0 Å². The first kappa shape index (κ1) is 28.6. The average molecular weight is 569 g/mol. The first-order valence-electron chi connectivity index (χ1n) is 13.4. The molecule has 0 spiro atoms. The van der Waals surface area contributed by atoms with E-state index in [9.17, 15) is 14.7 Å². The Morgan fingerprint density at radius 3 is 2.29 bits per heavy atom. The molecule has 2 amide bonds. The number of ether oxygens (including phenoxy) is 2. The van der Waals surface area contributed by atoms with Crippen LogP contribution in [-0.4, -0.2) is 28.8 Å². The summed E-state index contributed by atoms with van der Waals surface area (Å²) in [6, 6.07) is 32.1. The van der Waals surface area contributed by atoms with E-state index in [0.717, 1.165) is 27.3 Å². The van der Waals surface area contributed by atoms with Gasteiger partial charge in [-0.05, 0) is 59.7 Å². The van der Waals surface area contributed by atoms with Gasteiger partial charge < -0.3 is 25.2 Å². The Balaban J connectivity index is 1.32. The van der Waals surface area contributed by atoms with Gasteiger partial charge in [0.25, 0.3) is 5.91 Å². The van der Waals surface area contributed by atoms with Crippen LogP contribution in [0.4, 0.5) is 11.4 Å². The third-order valence-corrected chi connectivity index (χ3v) is 7.82. The van der Waals surface area contributed by atoms with Crippen LogP contribution in [0.2, 0.25) is 0 Å². The standard InChI is InChI=1S/C33H32N2O5S/c1-22(37)34-27-14-16-30(17-15-27)41-21-29-19-31(24-12-10-23(20-36)11-13-24)40-33(39-29)26-8-5-9-28(18-26)35-32(38)25-6-3-2-4-7-25/h2-18,29,31,33,36H,19-21H2,1H3,(H,34,37)(H,35,38)/t29-,31+,33+/m1/s1. The van der Waals surface area contributed by atoms with Gasteiger partial charge in [0.15, 0.2) is 6.29 Å². The van der Waals surface area contributed by atoms with Gasteiger partial charge in [-0.25, -0.2) is 0 Å². The van der Waals surface area contributed by atoms with Gasteiger partial charge in [-0.1, -0.05) is 54.6 Å². The average Bonchev–Trinajstić information content (AvgIpc) is 3.01. The summed E-state index contributed by atoms with van der Waals surface area (Å²) in [5.41, 5.74) is 4.66. The highest BCUT2D eigenvalue weighted by Crippen LogP contribution is 2.40. The van der Waals surface area contributed by atoms with Gasteiger partial charge in [0.05, 0.1) is 18.8 Å². The topological polar surface area (TPSA) is 96.9 Å². The molecule has 1 heterocycles. The van der Waals surface area contributed by atoms with Gasteiger partial charge >= 0.3 is 0 Å². The van der Waals surface area contributed by atoms with Crippen LogP contribution in [0.15, 0.2) is 108 Å². The summed E-state index contributed by atoms with van der Waals surface area (Å²) < 4.78 is 12.9. The Hall–Kier alpha value is -3.95. The first-order chi connectivity index (χ1) is 20.0. The van der Waals surface area contributed by atoms with E-state index in [-0.39, 0.29) is 30.6 Å². The number of hydrogen-bond acceptors (Lipinski definition) is 6. The minimum absolute atomic E-state index is 0.0149. The predicted molar refractivity (Wildman–Crippen MR) is 161 cm³/mol. The second-order valence-corrected chi connectivity index (χ2v) is 10.9. The van der Waals surface area contributed by atoms with Crippen molar-refractivity contribution < 1.29 is 24.2 Å². The number of carbonyl (C=O) groups excluding carboxylic acids is 2. The Bertz CT molecular complexity index is 1460. The second kappa shape index (κ2) is 13.6. The van der Waals surface area contributed by atoms with Crippen molar-refractivity contribution in [3.8, 4) is 0 Å². The molecule has 3 N–H and O–H groups in total. The number of benzene rings is 4. The molecule has 3 atom stereocenters. The van der Waals surface area contributed by atoms with E-state index in [0.29, 0.717) is 23.4 Å². The summed E-state index contributed by atoms with van der Waals surface area (Å²) in [5, 5.41) is 15.2. The molecule has 7 nitrogen and oxygen atoms in total. The lowest BCUT2D eigenvalue weighted by Crippen LogP contribution is -2.31. The summed E-state index contributed by atoms with van der Waals surface area (Å²) in [5.74, 6) is 0.414. The number of amides is 2. The van der Waals surface area contributed by atoms with Crippen LogP contribution in [0.1, 0.15) is 52.8 Å². The lowest BCUT2D eigenvalue weighted by atomic mass is 10.0. The van der Waals surface area contributed by atoms with E-state index in [1.165, 1.54) is 6.92 Å². The first-order valence-corrected chi connectivity index (χ1v) is 14.4. The second-order valence-electron chi connectivity index (χ2n) is 9.81. The van der Waals surface area contributed by atoms with Crippen molar-refractivity contribution in [1.29, 1.82) is 0 Å². The van der Waals surface area contributed by atoms with Crippen molar-refractivity contribution in [3.63, 3.8) is 0 Å². The molecule has 0 aromatic heterocycles. The van der Waals surface area contributed by atoms with E-state index in [1.54, 1.807) is 23.9 Å². The van der Waals surface area contributed by atoms with E-state index in [2.05, 4.69) is 10.6 Å². The van der Waals surface area contributed by atoms with Gasteiger partial charge in [0.2, 0.25) is 5.91 Å². The normalized spacial score (nSPS) is 18.4. The molecule has 0 bridgehead atoms. The van der Waals surface area contributed by atoms with E-state index >= 15 is 0 Å². The number of aliphatic hydroxyl groups excluding tert-OH is 1. The van der Waals surface area contributed by atoms with Gasteiger partial charge in [-0.15, -0.1) is 11.8 Å². The zero-order valence-electron chi connectivity index (χ0n) is 22.7. The fraction of sp³-hybridized carbons (Fsp3) is 0.212. The van der Waals surface area contributed by atoms with Crippen LogP contribution in [0.3, 0.4) is 0 Å². The van der Waals surface area contributed by atoms with Crippen LogP contribution in [-0.2, 0) is 20.9 Å². The fourth-order valence-electron chi connectivity index (χ4n) is 4.61. The zero-order valence-corrected chi connectivity index (χ0v) is 23.5. The molecule has 1 fully saturated rings. The number of hydrogen-bond donors (Lipinski definition) is 3. The molecule has 0 saturated carbocycles. The molecule has 41 heavy (non-hydrogen) atoms. The SMILES string of the molecule is CC(=O)Nc1ccc(SC[C@H]2C[C@@H](c3ccc(CO)cc3)O[C@@H](c3cccc(NC(=O)c4ccccc4)c3)O2)cc1. The molecule has 0 radical (unpaired) electrons. The van der Waals surface area contributed by atoms with Gasteiger partial charge in [-0.3, -0.25) is 9.59 Å². The third kappa shape index (κ3) is 7.83. The van der Waals surface area contributed by atoms with Gasteiger partial charge in [0.1, 0.15) is 0 Å². The van der Waals surface area contributed by atoms with Crippen LogP contribution >= 0.6 is 11.8 Å². The molecule has 1 aliphatic rings. The fourth-order valence-corrected chi connectivity index (χ4v) is 5.53. The van der Waals surface area contributed by atoms with E-state index in [1.807, 2.05) is 91.0 Å². The van der Waals surface area contributed by atoms with Crippen molar-refractivity contribution >= 4 is 35.0 Å². The molecular formula is C33H32N2O5S. The molecule has 1 saturated heterocycles. The van der Waals surface area contributed by atoms with Crippen LogP contribution in [0.5, 0.6) is 0 Å². The maximum absolute atomic E-state index is 12.7. The Morgan fingerprint density at radius 1 is 0.829 bits per heavy atom. The highest BCUT2D eigenvalue weighted by molar-refractivity contribution is 7.99. The quantitative estimate of drug-likeness (QED) is 0.194. The monoisotopic (exact) mass is 568 g/mol. The number of thioether (sulfide) groups is 1. The molecule has 210 valence electrons. The molecule has 4 aromatic carbocycles. The Morgan fingerprint density at radius 2 is 1.59 bits per heavy atom. The van der Waals surface area contributed by atoms with E-state index in [4.69, 9.17) is 9.47 Å². The minimum Gasteiger partial charge on any atom is -0.392 e. The molecule has 5 rings (SSSR count). The largest absolute Gasteiger partial charge is 0.392 e. The lowest BCUT2D eigenvalue weighted by Gasteiger charge is -2.36. The Labute approximate surface area is 243 Å². The number of carbonyl (C=O) groups is 2. The number of nitrogens with one attached hydrogen (secondary N) is 2. The van der Waals surface area contributed by atoms with Crippen LogP contribution in [0, 0.1) is 0 Å². The molecule has 0 unspecified atom stereocenters. The van der Waals surface area contributed by atoms with Crippen LogP contribution in [0.25, 0.3) is 0 Å². The lowest BCUT2D eigenvalue weighted by molar-refractivity contribution is -0.245. The Kier molecular flexibility index (Phi) is 9.48. The maximum atomic E-state index is 12.7. The molecular weight excluding hydrogens is 536 g/mol. The summed E-state index contributed by atoms with van der Waals surface area (Å²) in [4.78, 5) is 25.1. The van der Waals surface area contributed by atoms with Crippen LogP contribution < -0.4 is 10.6 Å². The smallest absolute Gasteiger partial charge is 0.255 e. The molecule has 4 aromatic rings. The summed E-state index contributed by atoms with van der Waals surface area (Å²) in [7, 11) is 0. The van der Waals surface area contributed by atoms with Crippen molar-refractivity contribution in [2.45, 2.75) is 43.3 Å². The van der Waals surface area contributed by atoms with Gasteiger partial charge in [-0.2, -0.15) is 0 Å². The van der Waals surface area contributed by atoms with E-state index < -0.39 is 6.29 Å².